The molecule has 1 aliphatic rings. The van der Waals surface area contributed by atoms with Crippen LogP contribution in [0.4, 0.5) is 0 Å². The second-order valence-electron chi connectivity index (χ2n) is 6.97. The van der Waals surface area contributed by atoms with E-state index in [-0.39, 0.29) is 5.63 Å². The predicted molar refractivity (Wildman–Crippen MR) is 103 cm³/mol. The first kappa shape index (κ1) is 16.9. The molecule has 4 rings (SSSR count). The van der Waals surface area contributed by atoms with E-state index >= 15 is 0 Å². The minimum atomic E-state index is -0.321. The van der Waals surface area contributed by atoms with Gasteiger partial charge in [0.15, 0.2) is 0 Å². The standard InChI is InChI=1S/C22H23NO3/c1-23(20-9-5-7-15-6-3-4-8-18(15)20)14-16-12-22(24)26-21-13-17(25-2)10-11-19(16)21/h3-4,6,8,10-13,20H,5,7,9,14H2,1-2H3/t20-/m1/s1. The monoisotopic (exact) mass is 349 g/mol. The zero-order valence-corrected chi connectivity index (χ0v) is 15.2. The molecule has 4 nitrogen and oxygen atoms in total. The van der Waals surface area contributed by atoms with E-state index in [1.54, 1.807) is 19.2 Å². The Kier molecular flexibility index (Phi) is 4.51. The molecule has 1 aliphatic carbocycles. The molecule has 0 N–H and O–H groups in total. The number of benzene rings is 2. The van der Waals surface area contributed by atoms with Crippen molar-refractivity contribution in [1.82, 2.24) is 4.90 Å². The first-order valence-electron chi connectivity index (χ1n) is 9.04. The summed E-state index contributed by atoms with van der Waals surface area (Å²) in [6, 6.07) is 16.3. The van der Waals surface area contributed by atoms with E-state index < -0.39 is 0 Å². The molecule has 4 heteroatoms. The van der Waals surface area contributed by atoms with Crippen molar-refractivity contribution in [3.63, 3.8) is 0 Å². The molecule has 0 aliphatic heterocycles. The molecule has 3 aromatic rings. The topological polar surface area (TPSA) is 42.7 Å². The molecular formula is C22H23NO3. The fourth-order valence-corrected chi connectivity index (χ4v) is 4.03. The number of nitrogens with zero attached hydrogens (tertiary/aromatic N) is 1. The molecule has 0 radical (unpaired) electrons. The highest BCUT2D eigenvalue weighted by Crippen LogP contribution is 2.34. The molecule has 0 amide bonds. The largest absolute Gasteiger partial charge is 0.497 e. The second kappa shape index (κ2) is 6.96. The lowest BCUT2D eigenvalue weighted by Gasteiger charge is -2.33. The second-order valence-corrected chi connectivity index (χ2v) is 6.97. The van der Waals surface area contributed by atoms with Crippen molar-refractivity contribution in [2.24, 2.45) is 0 Å². The summed E-state index contributed by atoms with van der Waals surface area (Å²) in [6.45, 7) is 0.702. The third-order valence-corrected chi connectivity index (χ3v) is 5.33. The van der Waals surface area contributed by atoms with Crippen LogP contribution in [0.2, 0.25) is 0 Å². The van der Waals surface area contributed by atoms with Gasteiger partial charge in [-0.25, -0.2) is 4.79 Å². The summed E-state index contributed by atoms with van der Waals surface area (Å²) in [4.78, 5) is 14.4. The fraction of sp³-hybridized carbons (Fsp3) is 0.318. The van der Waals surface area contributed by atoms with Crippen molar-refractivity contribution in [2.45, 2.75) is 31.8 Å². The number of rotatable bonds is 4. The zero-order chi connectivity index (χ0) is 18.1. The summed E-state index contributed by atoms with van der Waals surface area (Å²) >= 11 is 0. The molecular weight excluding hydrogens is 326 g/mol. The van der Waals surface area contributed by atoms with Crippen molar-refractivity contribution in [3.8, 4) is 5.75 Å². The zero-order valence-electron chi connectivity index (χ0n) is 15.2. The smallest absolute Gasteiger partial charge is 0.336 e. The first-order valence-corrected chi connectivity index (χ1v) is 9.04. The number of ether oxygens (including phenoxy) is 1. The van der Waals surface area contributed by atoms with Crippen LogP contribution in [0.15, 0.2) is 57.7 Å². The maximum atomic E-state index is 12.0. The SMILES string of the molecule is COc1ccc2c(CN(C)[C@@H]3CCCc4ccccc43)cc(=O)oc2c1. The third-order valence-electron chi connectivity index (χ3n) is 5.33. The number of hydrogen-bond acceptors (Lipinski definition) is 4. The van der Waals surface area contributed by atoms with Crippen LogP contribution in [-0.2, 0) is 13.0 Å². The summed E-state index contributed by atoms with van der Waals surface area (Å²) in [7, 11) is 3.74. The Morgan fingerprint density at radius 2 is 2.04 bits per heavy atom. The fourth-order valence-electron chi connectivity index (χ4n) is 4.03. The van der Waals surface area contributed by atoms with Gasteiger partial charge in [-0.05, 0) is 55.1 Å². The Hall–Kier alpha value is -2.59. The lowest BCUT2D eigenvalue weighted by atomic mass is 9.87. The van der Waals surface area contributed by atoms with Crippen LogP contribution in [0.3, 0.4) is 0 Å². The van der Waals surface area contributed by atoms with E-state index in [0.717, 1.165) is 23.8 Å². The highest BCUT2D eigenvalue weighted by Gasteiger charge is 2.24. The Morgan fingerprint density at radius 1 is 1.19 bits per heavy atom. The third kappa shape index (κ3) is 3.13. The average Bonchev–Trinajstić information content (AvgIpc) is 2.66. The summed E-state index contributed by atoms with van der Waals surface area (Å²) in [5.74, 6) is 0.687. The molecule has 0 saturated carbocycles. The van der Waals surface area contributed by atoms with Gasteiger partial charge < -0.3 is 9.15 Å². The molecule has 1 heterocycles. The quantitative estimate of drug-likeness (QED) is 0.658. The summed E-state index contributed by atoms with van der Waals surface area (Å²) < 4.78 is 10.6. The Labute approximate surface area is 153 Å². The Balaban J connectivity index is 1.68. The minimum Gasteiger partial charge on any atom is -0.497 e. The molecule has 134 valence electrons. The van der Waals surface area contributed by atoms with E-state index in [1.807, 2.05) is 12.1 Å². The lowest BCUT2D eigenvalue weighted by molar-refractivity contribution is 0.213. The number of fused-ring (bicyclic) bond motifs is 2. The van der Waals surface area contributed by atoms with E-state index in [2.05, 4.69) is 36.2 Å². The Morgan fingerprint density at radius 3 is 2.88 bits per heavy atom. The molecule has 0 unspecified atom stereocenters. The van der Waals surface area contributed by atoms with E-state index in [4.69, 9.17) is 9.15 Å². The van der Waals surface area contributed by atoms with Crippen LogP contribution in [0.25, 0.3) is 11.0 Å². The van der Waals surface area contributed by atoms with Crippen LogP contribution in [0.5, 0.6) is 5.75 Å². The van der Waals surface area contributed by atoms with Crippen molar-refractivity contribution in [2.75, 3.05) is 14.2 Å². The molecule has 0 saturated heterocycles. The molecule has 26 heavy (non-hydrogen) atoms. The van der Waals surface area contributed by atoms with Gasteiger partial charge >= 0.3 is 5.63 Å². The first-order chi connectivity index (χ1) is 12.7. The van der Waals surface area contributed by atoms with Gasteiger partial charge in [0.05, 0.1) is 7.11 Å². The van der Waals surface area contributed by atoms with Crippen molar-refractivity contribution < 1.29 is 9.15 Å². The van der Waals surface area contributed by atoms with Gasteiger partial charge in [-0.3, -0.25) is 4.90 Å². The highest BCUT2D eigenvalue weighted by molar-refractivity contribution is 5.81. The molecule has 2 aromatic carbocycles. The Bertz CT molecular complexity index is 992. The molecule has 1 atom stereocenters. The van der Waals surface area contributed by atoms with E-state index in [0.29, 0.717) is 23.9 Å². The summed E-state index contributed by atoms with van der Waals surface area (Å²) in [5, 5.41) is 0.960. The maximum Gasteiger partial charge on any atom is 0.336 e. The normalized spacial score (nSPS) is 16.7. The molecule has 0 spiro atoms. The van der Waals surface area contributed by atoms with Gasteiger partial charge in [0.25, 0.3) is 0 Å². The van der Waals surface area contributed by atoms with Crippen LogP contribution < -0.4 is 10.4 Å². The molecule has 0 fully saturated rings. The van der Waals surface area contributed by atoms with E-state index in [9.17, 15) is 4.79 Å². The van der Waals surface area contributed by atoms with Crippen LogP contribution in [0.1, 0.15) is 35.6 Å². The van der Waals surface area contributed by atoms with Crippen molar-refractivity contribution in [1.29, 1.82) is 0 Å². The minimum absolute atomic E-state index is 0.321. The van der Waals surface area contributed by atoms with Crippen molar-refractivity contribution in [3.05, 3.63) is 75.6 Å². The van der Waals surface area contributed by atoms with Crippen LogP contribution in [0, 0.1) is 0 Å². The van der Waals surface area contributed by atoms with Gasteiger partial charge in [0.2, 0.25) is 0 Å². The van der Waals surface area contributed by atoms with Gasteiger partial charge in [0.1, 0.15) is 11.3 Å². The van der Waals surface area contributed by atoms with Gasteiger partial charge in [-0.1, -0.05) is 24.3 Å². The number of hydrogen-bond donors (Lipinski definition) is 0. The molecule has 0 bridgehead atoms. The summed E-state index contributed by atoms with van der Waals surface area (Å²) in [5.41, 5.74) is 4.10. The van der Waals surface area contributed by atoms with Gasteiger partial charge in [-0.15, -0.1) is 0 Å². The van der Waals surface area contributed by atoms with Crippen LogP contribution >= 0.6 is 0 Å². The van der Waals surface area contributed by atoms with Crippen LogP contribution in [-0.4, -0.2) is 19.1 Å². The number of methoxy groups -OCH3 is 1. The van der Waals surface area contributed by atoms with Gasteiger partial charge in [-0.2, -0.15) is 0 Å². The predicted octanol–water partition coefficient (Wildman–Crippen LogP) is 4.31. The van der Waals surface area contributed by atoms with Crippen molar-refractivity contribution >= 4 is 11.0 Å². The van der Waals surface area contributed by atoms with Gasteiger partial charge in [0, 0.05) is 30.1 Å². The maximum absolute atomic E-state index is 12.0. The summed E-state index contributed by atoms with van der Waals surface area (Å²) in [6.07, 6.45) is 3.49. The lowest BCUT2D eigenvalue weighted by Crippen LogP contribution is -2.27. The van der Waals surface area contributed by atoms with E-state index in [1.165, 1.54) is 17.5 Å². The molecule has 1 aromatic heterocycles. The highest BCUT2D eigenvalue weighted by atomic mass is 16.5. The average molecular weight is 349 g/mol. The number of aryl methyl sites for hydroxylation is 1.